The first-order valence-corrected chi connectivity index (χ1v) is 7.60. The fraction of sp³-hybridized carbons (Fsp3) is 0.105. The Morgan fingerprint density at radius 2 is 2.08 bits per heavy atom. The summed E-state index contributed by atoms with van der Waals surface area (Å²) in [4.78, 5) is 16.4. The molecule has 0 radical (unpaired) electrons. The van der Waals surface area contributed by atoms with E-state index >= 15 is 0 Å². The molecule has 0 aliphatic rings. The van der Waals surface area contributed by atoms with Crippen molar-refractivity contribution in [2.24, 2.45) is 0 Å². The van der Waals surface area contributed by atoms with Gasteiger partial charge in [0.25, 0.3) is 5.91 Å². The fourth-order valence-corrected chi connectivity index (χ4v) is 2.15. The predicted molar refractivity (Wildman–Crippen MR) is 90.8 cm³/mol. The van der Waals surface area contributed by atoms with Gasteiger partial charge in [-0.3, -0.25) is 4.79 Å². The Morgan fingerprint density at radius 3 is 2.76 bits per heavy atom. The van der Waals surface area contributed by atoms with Crippen molar-refractivity contribution in [3.05, 3.63) is 71.5 Å². The highest BCUT2D eigenvalue weighted by atomic mass is 16.3. The van der Waals surface area contributed by atoms with Gasteiger partial charge in [0.15, 0.2) is 0 Å². The Bertz CT molecular complexity index is 929. The van der Waals surface area contributed by atoms with Gasteiger partial charge in [0.2, 0.25) is 5.89 Å². The number of nitrogens with zero attached hydrogens (tertiary/aromatic N) is 2. The van der Waals surface area contributed by atoms with Gasteiger partial charge in [-0.05, 0) is 31.2 Å². The van der Waals surface area contributed by atoms with E-state index in [1.165, 1.54) is 18.6 Å². The SMILES string of the molecule is Cc1ccc(-c2nc(CNC(=O)/C(C#N)=C\c3ccco3)co2)cc1. The van der Waals surface area contributed by atoms with Crippen LogP contribution in [0.5, 0.6) is 0 Å². The minimum Gasteiger partial charge on any atom is -0.465 e. The summed E-state index contributed by atoms with van der Waals surface area (Å²) >= 11 is 0. The maximum atomic E-state index is 12.1. The molecule has 1 amide bonds. The Morgan fingerprint density at radius 1 is 1.28 bits per heavy atom. The molecule has 1 aromatic carbocycles. The van der Waals surface area contributed by atoms with Gasteiger partial charge < -0.3 is 14.2 Å². The quantitative estimate of drug-likeness (QED) is 0.570. The van der Waals surface area contributed by atoms with Crippen LogP contribution in [-0.4, -0.2) is 10.9 Å². The summed E-state index contributed by atoms with van der Waals surface area (Å²) in [5.41, 5.74) is 2.53. The molecular formula is C19H15N3O3. The topological polar surface area (TPSA) is 92.1 Å². The summed E-state index contributed by atoms with van der Waals surface area (Å²) in [6.45, 7) is 2.16. The lowest BCUT2D eigenvalue weighted by atomic mass is 10.1. The third-order valence-corrected chi connectivity index (χ3v) is 3.48. The van der Waals surface area contributed by atoms with Crippen molar-refractivity contribution in [2.45, 2.75) is 13.5 Å². The Hall–Kier alpha value is -3.59. The number of oxazole rings is 1. The molecule has 0 fully saturated rings. The molecule has 0 spiro atoms. The van der Waals surface area contributed by atoms with Crippen LogP contribution in [0.4, 0.5) is 0 Å². The predicted octanol–water partition coefficient (Wildman–Crippen LogP) is 3.47. The molecule has 0 atom stereocenters. The van der Waals surface area contributed by atoms with Crippen LogP contribution in [0.2, 0.25) is 0 Å². The van der Waals surface area contributed by atoms with Crippen molar-refractivity contribution < 1.29 is 13.6 Å². The third kappa shape index (κ3) is 4.03. The highest BCUT2D eigenvalue weighted by Gasteiger charge is 2.12. The lowest BCUT2D eigenvalue weighted by Crippen LogP contribution is -2.24. The first-order valence-electron chi connectivity index (χ1n) is 7.60. The molecule has 124 valence electrons. The summed E-state index contributed by atoms with van der Waals surface area (Å²) in [6, 6.07) is 13.0. The van der Waals surface area contributed by atoms with Crippen LogP contribution in [-0.2, 0) is 11.3 Å². The number of benzene rings is 1. The highest BCUT2D eigenvalue weighted by Crippen LogP contribution is 2.19. The maximum absolute atomic E-state index is 12.1. The van der Waals surface area contributed by atoms with Crippen LogP contribution in [0, 0.1) is 18.3 Å². The zero-order valence-corrected chi connectivity index (χ0v) is 13.5. The number of nitriles is 1. The second-order valence-corrected chi connectivity index (χ2v) is 5.38. The maximum Gasteiger partial charge on any atom is 0.262 e. The first kappa shape index (κ1) is 16.3. The number of amides is 1. The van der Waals surface area contributed by atoms with Crippen LogP contribution in [0.3, 0.4) is 0 Å². The number of hydrogen-bond acceptors (Lipinski definition) is 5. The van der Waals surface area contributed by atoms with Crippen LogP contribution >= 0.6 is 0 Å². The number of hydrogen-bond donors (Lipinski definition) is 1. The summed E-state index contributed by atoms with van der Waals surface area (Å²) < 4.78 is 10.5. The first-order chi connectivity index (χ1) is 12.2. The van der Waals surface area contributed by atoms with E-state index in [2.05, 4.69) is 10.3 Å². The molecule has 2 heterocycles. The lowest BCUT2D eigenvalue weighted by Gasteiger charge is -2.00. The van der Waals surface area contributed by atoms with Gasteiger partial charge in [-0.2, -0.15) is 5.26 Å². The van der Waals surface area contributed by atoms with E-state index in [9.17, 15) is 4.79 Å². The van der Waals surface area contributed by atoms with Crippen molar-refractivity contribution in [2.75, 3.05) is 0 Å². The summed E-state index contributed by atoms with van der Waals surface area (Å²) in [6.07, 6.45) is 4.34. The molecule has 0 unspecified atom stereocenters. The molecule has 6 nitrogen and oxygen atoms in total. The number of carbonyl (C=O) groups excluding carboxylic acids is 1. The van der Waals surface area contributed by atoms with Crippen molar-refractivity contribution in [3.63, 3.8) is 0 Å². The van der Waals surface area contributed by atoms with Crippen LogP contribution < -0.4 is 5.32 Å². The van der Waals surface area contributed by atoms with E-state index in [4.69, 9.17) is 14.1 Å². The second-order valence-electron chi connectivity index (χ2n) is 5.38. The second kappa shape index (κ2) is 7.32. The molecular weight excluding hydrogens is 318 g/mol. The number of furan rings is 1. The van der Waals surface area contributed by atoms with Crippen molar-refractivity contribution in [1.82, 2.24) is 10.3 Å². The Kier molecular flexibility index (Phi) is 4.77. The summed E-state index contributed by atoms with van der Waals surface area (Å²) in [5, 5.41) is 11.8. The van der Waals surface area contributed by atoms with Gasteiger partial charge in [-0.15, -0.1) is 0 Å². The van der Waals surface area contributed by atoms with E-state index in [1.807, 2.05) is 37.3 Å². The zero-order chi connectivity index (χ0) is 17.6. The van der Waals surface area contributed by atoms with Crippen molar-refractivity contribution >= 4 is 12.0 Å². The fourth-order valence-electron chi connectivity index (χ4n) is 2.15. The summed E-state index contributed by atoms with van der Waals surface area (Å²) in [7, 11) is 0. The zero-order valence-electron chi connectivity index (χ0n) is 13.5. The number of nitrogens with one attached hydrogen (secondary N) is 1. The average Bonchev–Trinajstić information content (AvgIpc) is 3.30. The normalized spacial score (nSPS) is 11.1. The third-order valence-electron chi connectivity index (χ3n) is 3.48. The standard InChI is InChI=1S/C19H15N3O3/c1-13-4-6-14(7-5-13)19-22-16(12-25-19)11-21-18(23)15(10-20)9-17-3-2-8-24-17/h2-9,12H,11H2,1H3,(H,21,23)/b15-9-. The summed E-state index contributed by atoms with van der Waals surface area (Å²) in [5.74, 6) is 0.421. The smallest absolute Gasteiger partial charge is 0.262 e. The average molecular weight is 333 g/mol. The minimum atomic E-state index is -0.501. The molecule has 0 bridgehead atoms. The van der Waals surface area contributed by atoms with Gasteiger partial charge in [0.1, 0.15) is 23.7 Å². The minimum absolute atomic E-state index is 0.0443. The van der Waals surface area contributed by atoms with Crippen LogP contribution in [0.15, 0.2) is 63.3 Å². The molecule has 0 aliphatic carbocycles. The van der Waals surface area contributed by atoms with E-state index in [0.717, 1.165) is 11.1 Å². The van der Waals surface area contributed by atoms with Crippen LogP contribution in [0.1, 0.15) is 17.0 Å². The van der Waals surface area contributed by atoms with Gasteiger partial charge in [0, 0.05) is 11.6 Å². The Balaban J connectivity index is 1.64. The highest BCUT2D eigenvalue weighted by molar-refractivity contribution is 6.01. The molecule has 0 saturated carbocycles. The van der Waals surface area contributed by atoms with Gasteiger partial charge in [-0.1, -0.05) is 17.7 Å². The van der Waals surface area contributed by atoms with E-state index in [0.29, 0.717) is 17.3 Å². The van der Waals surface area contributed by atoms with Crippen LogP contribution in [0.25, 0.3) is 17.5 Å². The molecule has 3 aromatic rings. The largest absolute Gasteiger partial charge is 0.465 e. The number of aromatic nitrogens is 1. The van der Waals surface area contributed by atoms with Crippen molar-refractivity contribution in [1.29, 1.82) is 5.26 Å². The number of carbonyl (C=O) groups is 1. The van der Waals surface area contributed by atoms with Gasteiger partial charge in [-0.25, -0.2) is 4.98 Å². The van der Waals surface area contributed by atoms with Gasteiger partial charge in [0.05, 0.1) is 18.5 Å². The van der Waals surface area contributed by atoms with E-state index < -0.39 is 5.91 Å². The molecule has 0 saturated heterocycles. The molecule has 1 N–H and O–H groups in total. The molecule has 25 heavy (non-hydrogen) atoms. The Labute approximate surface area is 144 Å². The van der Waals surface area contributed by atoms with Gasteiger partial charge >= 0.3 is 0 Å². The number of rotatable bonds is 5. The van der Waals surface area contributed by atoms with Crippen molar-refractivity contribution in [3.8, 4) is 17.5 Å². The molecule has 3 rings (SSSR count). The lowest BCUT2D eigenvalue weighted by molar-refractivity contribution is -0.117. The molecule has 0 aliphatic heterocycles. The molecule has 6 heteroatoms. The van der Waals surface area contributed by atoms with E-state index in [1.54, 1.807) is 12.1 Å². The number of aryl methyl sites for hydroxylation is 1. The monoisotopic (exact) mass is 333 g/mol. The van der Waals surface area contributed by atoms with E-state index in [-0.39, 0.29) is 12.1 Å². The molecule has 2 aromatic heterocycles.